The van der Waals surface area contributed by atoms with Crippen LogP contribution in [0, 0.1) is 0 Å². The maximum Gasteiger partial charge on any atom is 0.318 e. The molecule has 0 spiro atoms. The third-order valence-electron chi connectivity index (χ3n) is 6.78. The van der Waals surface area contributed by atoms with Crippen molar-refractivity contribution >= 4 is 17.8 Å². The third-order valence-corrected chi connectivity index (χ3v) is 6.78. The summed E-state index contributed by atoms with van der Waals surface area (Å²) in [6, 6.07) is 7.43. The van der Waals surface area contributed by atoms with Gasteiger partial charge in [-0.15, -0.1) is 0 Å². The Labute approximate surface area is 236 Å². The molecule has 11 nitrogen and oxygen atoms in total. The number of hydrogen-bond acceptors (Lipinski definition) is 6. The Morgan fingerprint density at radius 1 is 1.05 bits per heavy atom. The molecule has 3 atom stereocenters. The number of H-pyrrole nitrogens is 1. The first-order valence-corrected chi connectivity index (χ1v) is 14.1. The van der Waals surface area contributed by atoms with Gasteiger partial charge in [-0.2, -0.15) is 0 Å². The van der Waals surface area contributed by atoms with Crippen molar-refractivity contribution in [2.75, 3.05) is 26.2 Å². The zero-order valence-corrected chi connectivity index (χ0v) is 24.1. The summed E-state index contributed by atoms with van der Waals surface area (Å²) in [6.07, 6.45) is 5.83. The largest absolute Gasteiger partial charge is 0.354 e. The van der Waals surface area contributed by atoms with Crippen molar-refractivity contribution < 1.29 is 23.9 Å². The highest BCUT2D eigenvalue weighted by atomic mass is 16.7. The fraction of sp³-hybridized carbons (Fsp3) is 0.586. The number of amides is 4. The van der Waals surface area contributed by atoms with Crippen molar-refractivity contribution in [2.45, 2.75) is 83.8 Å². The van der Waals surface area contributed by atoms with Crippen LogP contribution in [0.15, 0.2) is 42.9 Å². The maximum atomic E-state index is 13.5. The van der Waals surface area contributed by atoms with Crippen LogP contribution in [0.3, 0.4) is 0 Å². The van der Waals surface area contributed by atoms with Gasteiger partial charge in [0.25, 0.3) is 0 Å². The number of nitrogens with one attached hydrogen (secondary N) is 4. The number of imidazole rings is 1. The van der Waals surface area contributed by atoms with E-state index in [2.05, 4.69) is 25.9 Å². The van der Waals surface area contributed by atoms with E-state index in [1.54, 1.807) is 11.1 Å². The Morgan fingerprint density at radius 2 is 1.77 bits per heavy atom. The minimum atomic E-state index is -0.861. The predicted molar refractivity (Wildman–Crippen MR) is 151 cm³/mol. The quantitative estimate of drug-likeness (QED) is 0.249. The molecule has 2 heterocycles. The molecule has 0 aliphatic carbocycles. The lowest BCUT2D eigenvalue weighted by Gasteiger charge is -2.26. The maximum absolute atomic E-state index is 13.5. The minimum absolute atomic E-state index is 0.210. The molecule has 1 aromatic heterocycles. The van der Waals surface area contributed by atoms with Crippen LogP contribution >= 0.6 is 0 Å². The highest BCUT2D eigenvalue weighted by Crippen LogP contribution is 2.24. The summed E-state index contributed by atoms with van der Waals surface area (Å²) >= 11 is 0. The van der Waals surface area contributed by atoms with Gasteiger partial charge < -0.3 is 35.3 Å². The van der Waals surface area contributed by atoms with E-state index in [0.717, 1.165) is 24.8 Å². The van der Waals surface area contributed by atoms with Crippen LogP contribution in [-0.2, 0) is 31.9 Å². The second kappa shape index (κ2) is 15.4. The fourth-order valence-electron chi connectivity index (χ4n) is 4.53. The number of hydrogen-bond donors (Lipinski definition) is 4. The summed E-state index contributed by atoms with van der Waals surface area (Å²) in [6.45, 7) is 9.83. The van der Waals surface area contributed by atoms with Crippen molar-refractivity contribution in [3.63, 3.8) is 0 Å². The summed E-state index contributed by atoms with van der Waals surface area (Å²) in [5.74, 6) is -0.738. The molecule has 40 heavy (non-hydrogen) atoms. The van der Waals surface area contributed by atoms with E-state index in [0.29, 0.717) is 38.4 Å². The van der Waals surface area contributed by atoms with Gasteiger partial charge in [0.2, 0.25) is 11.8 Å². The van der Waals surface area contributed by atoms with Crippen LogP contribution in [0.1, 0.15) is 58.2 Å². The van der Waals surface area contributed by atoms with E-state index < -0.39 is 18.0 Å². The molecule has 11 heteroatoms. The molecule has 0 bridgehead atoms. The van der Waals surface area contributed by atoms with Crippen molar-refractivity contribution in [1.82, 2.24) is 30.8 Å². The first kappa shape index (κ1) is 31.1. The topological polar surface area (TPSA) is 138 Å². The van der Waals surface area contributed by atoms with Gasteiger partial charge in [-0.05, 0) is 52.5 Å². The van der Waals surface area contributed by atoms with Gasteiger partial charge in [0, 0.05) is 38.7 Å². The SMILES string of the molecule is CCN(CC)C(=O)N[C@@H](Cc1ccccc1)C(=O)N[C@@H](Cc1c[nH]cn1)C(=O)NCCCCC1OCC(C)(C)O1. The van der Waals surface area contributed by atoms with Gasteiger partial charge in [-0.3, -0.25) is 9.59 Å². The Hall–Kier alpha value is -3.44. The number of rotatable bonds is 15. The summed E-state index contributed by atoms with van der Waals surface area (Å²) in [4.78, 5) is 48.3. The molecular weight excluding hydrogens is 512 g/mol. The van der Waals surface area contributed by atoms with Gasteiger partial charge in [0.05, 0.1) is 24.2 Å². The number of urea groups is 1. The number of aromatic amines is 1. The van der Waals surface area contributed by atoms with Crippen LogP contribution in [-0.4, -0.2) is 82.9 Å². The lowest BCUT2D eigenvalue weighted by molar-refractivity contribution is -0.130. The summed E-state index contributed by atoms with van der Waals surface area (Å²) in [5.41, 5.74) is 1.28. The van der Waals surface area contributed by atoms with Crippen LogP contribution in [0.4, 0.5) is 4.79 Å². The van der Waals surface area contributed by atoms with Crippen LogP contribution < -0.4 is 16.0 Å². The number of aromatic nitrogens is 2. The Morgan fingerprint density at radius 3 is 2.40 bits per heavy atom. The standard InChI is InChI=1S/C29H44N6O5/c1-5-35(6-2)28(38)34-23(16-21-12-8-7-9-13-21)27(37)33-24(17-22-18-30-20-32-22)26(36)31-15-11-10-14-25-39-19-29(3,4)40-25/h7-9,12-13,18,20,23-25H,5-6,10-11,14-17,19H2,1-4H3,(H,30,32)(H,31,36)(H,33,37)(H,34,38)/t23-,24-,25?/m0/s1. The normalized spacial score (nSPS) is 17.6. The molecule has 1 unspecified atom stereocenters. The molecule has 2 aromatic rings. The molecule has 1 aromatic carbocycles. The molecule has 4 amide bonds. The van der Waals surface area contributed by atoms with Gasteiger partial charge >= 0.3 is 6.03 Å². The van der Waals surface area contributed by atoms with Gasteiger partial charge in [0.1, 0.15) is 12.1 Å². The molecule has 1 saturated heterocycles. The Kier molecular flexibility index (Phi) is 12.0. The average Bonchev–Trinajstić information content (AvgIpc) is 3.57. The molecule has 220 valence electrons. The molecule has 4 N–H and O–H groups in total. The van der Waals surface area contributed by atoms with Gasteiger partial charge in [0.15, 0.2) is 6.29 Å². The second-order valence-corrected chi connectivity index (χ2v) is 10.6. The van der Waals surface area contributed by atoms with Gasteiger partial charge in [-0.25, -0.2) is 9.78 Å². The number of carbonyl (C=O) groups is 3. The molecule has 3 rings (SSSR count). The van der Waals surface area contributed by atoms with Gasteiger partial charge in [-0.1, -0.05) is 30.3 Å². The minimum Gasteiger partial charge on any atom is -0.354 e. The first-order chi connectivity index (χ1) is 19.2. The molecule has 0 saturated carbocycles. The van der Waals surface area contributed by atoms with Crippen molar-refractivity contribution in [3.05, 3.63) is 54.1 Å². The fourth-order valence-corrected chi connectivity index (χ4v) is 4.53. The summed E-state index contributed by atoms with van der Waals surface area (Å²) in [7, 11) is 0. The van der Waals surface area contributed by atoms with Crippen molar-refractivity contribution in [1.29, 1.82) is 0 Å². The number of ether oxygens (including phenoxy) is 2. The second-order valence-electron chi connectivity index (χ2n) is 10.6. The van der Waals surface area contributed by atoms with E-state index in [1.807, 2.05) is 58.0 Å². The number of benzene rings is 1. The molecule has 0 radical (unpaired) electrons. The van der Waals surface area contributed by atoms with Crippen molar-refractivity contribution in [2.24, 2.45) is 0 Å². The third kappa shape index (κ3) is 9.95. The first-order valence-electron chi connectivity index (χ1n) is 14.1. The highest BCUT2D eigenvalue weighted by Gasteiger charge is 2.32. The van der Waals surface area contributed by atoms with E-state index in [1.165, 1.54) is 6.33 Å². The smallest absolute Gasteiger partial charge is 0.318 e. The van der Waals surface area contributed by atoms with Crippen LogP contribution in [0.5, 0.6) is 0 Å². The molecule has 1 fully saturated rings. The summed E-state index contributed by atoms with van der Waals surface area (Å²) < 4.78 is 11.5. The number of nitrogens with zero attached hydrogens (tertiary/aromatic N) is 2. The monoisotopic (exact) mass is 556 g/mol. The molecular formula is C29H44N6O5. The van der Waals surface area contributed by atoms with E-state index in [4.69, 9.17) is 9.47 Å². The van der Waals surface area contributed by atoms with Crippen LogP contribution in [0.2, 0.25) is 0 Å². The Bertz CT molecular complexity index is 1060. The molecule has 1 aliphatic rings. The van der Waals surface area contributed by atoms with E-state index >= 15 is 0 Å². The molecule has 1 aliphatic heterocycles. The van der Waals surface area contributed by atoms with E-state index in [-0.39, 0.29) is 30.3 Å². The zero-order valence-electron chi connectivity index (χ0n) is 24.1. The number of unbranched alkanes of at least 4 members (excludes halogenated alkanes) is 1. The summed E-state index contributed by atoms with van der Waals surface area (Å²) in [5, 5.41) is 8.67. The van der Waals surface area contributed by atoms with Crippen LogP contribution in [0.25, 0.3) is 0 Å². The predicted octanol–water partition coefficient (Wildman–Crippen LogP) is 2.54. The van der Waals surface area contributed by atoms with E-state index in [9.17, 15) is 14.4 Å². The zero-order chi connectivity index (χ0) is 29.0. The lowest BCUT2D eigenvalue weighted by Crippen LogP contribution is -2.56. The average molecular weight is 557 g/mol. The highest BCUT2D eigenvalue weighted by molar-refractivity contribution is 5.92. The number of carbonyl (C=O) groups excluding carboxylic acids is 3. The Balaban J connectivity index is 1.61. The van der Waals surface area contributed by atoms with Crippen molar-refractivity contribution in [3.8, 4) is 0 Å². The lowest BCUT2D eigenvalue weighted by atomic mass is 10.0.